The average molecular weight is 282 g/mol. The highest BCUT2D eigenvalue weighted by Crippen LogP contribution is 2.28. The Bertz CT molecular complexity index is 449. The molecule has 1 atom stereocenters. The zero-order valence-electron chi connectivity index (χ0n) is 12.1. The fraction of sp³-hybridized carbons (Fsp3) is 0.571. The number of ether oxygens (including phenoxy) is 1. The lowest BCUT2D eigenvalue weighted by Crippen LogP contribution is -2.21. The summed E-state index contributed by atoms with van der Waals surface area (Å²) in [6.45, 7) is 6.75. The predicted molar refractivity (Wildman–Crippen MR) is 76.8 cm³/mol. The third-order valence-electron chi connectivity index (χ3n) is 2.77. The minimum Gasteiger partial charge on any atom is -0.486 e. The van der Waals surface area contributed by atoms with Crippen LogP contribution in [0.2, 0.25) is 0 Å². The van der Waals surface area contributed by atoms with Crippen molar-refractivity contribution in [2.75, 3.05) is 13.2 Å². The summed E-state index contributed by atoms with van der Waals surface area (Å²) >= 11 is 0. The third kappa shape index (κ3) is 5.14. The van der Waals surface area contributed by atoms with E-state index in [1.165, 1.54) is 6.07 Å². The Morgan fingerprint density at radius 3 is 2.65 bits per heavy atom. The number of hydrogen-bond donors (Lipinski definition) is 2. The number of aliphatic hydroxyl groups excluding tert-OH is 1. The first-order valence-electron chi connectivity index (χ1n) is 6.68. The van der Waals surface area contributed by atoms with E-state index in [2.05, 4.69) is 5.32 Å². The fourth-order valence-corrected chi connectivity index (χ4v) is 1.54. The number of nitro benzene ring substituents is 1. The number of benzene rings is 1. The molecule has 6 heteroatoms. The van der Waals surface area contributed by atoms with Crippen LogP contribution in [0.5, 0.6) is 5.75 Å². The molecule has 2 N–H and O–H groups in total. The van der Waals surface area contributed by atoms with Crippen LogP contribution in [0.4, 0.5) is 5.69 Å². The molecule has 1 rings (SSSR count). The summed E-state index contributed by atoms with van der Waals surface area (Å²) in [5, 5.41) is 23.2. The molecule has 1 unspecified atom stereocenters. The van der Waals surface area contributed by atoms with Gasteiger partial charge < -0.3 is 15.2 Å². The zero-order chi connectivity index (χ0) is 15.1. The Kier molecular flexibility index (Phi) is 6.41. The highest BCUT2D eigenvalue weighted by molar-refractivity contribution is 5.48. The van der Waals surface area contributed by atoms with Gasteiger partial charge >= 0.3 is 5.69 Å². The normalized spacial score (nSPS) is 12.4. The van der Waals surface area contributed by atoms with Crippen molar-refractivity contribution < 1.29 is 14.8 Å². The highest BCUT2D eigenvalue weighted by atomic mass is 16.6. The van der Waals surface area contributed by atoms with E-state index in [4.69, 9.17) is 9.84 Å². The SMILES string of the molecule is CC(CO)COc1cc(CNC(C)C)ccc1[N+](=O)[O-]. The number of nitrogens with zero attached hydrogens (tertiary/aromatic N) is 1. The Balaban J connectivity index is 2.85. The molecular formula is C14H22N2O4. The first-order chi connectivity index (χ1) is 9.43. The molecule has 0 heterocycles. The lowest BCUT2D eigenvalue weighted by atomic mass is 10.1. The maximum atomic E-state index is 11.0. The molecule has 6 nitrogen and oxygen atoms in total. The van der Waals surface area contributed by atoms with Crippen LogP contribution in [0, 0.1) is 16.0 Å². The summed E-state index contributed by atoms with van der Waals surface area (Å²) < 4.78 is 5.47. The molecule has 20 heavy (non-hydrogen) atoms. The maximum Gasteiger partial charge on any atom is 0.310 e. The minimum atomic E-state index is -0.460. The van der Waals surface area contributed by atoms with Crippen LogP contribution in [0.3, 0.4) is 0 Å². The van der Waals surface area contributed by atoms with Gasteiger partial charge in [-0.05, 0) is 11.6 Å². The first kappa shape index (κ1) is 16.4. The fourth-order valence-electron chi connectivity index (χ4n) is 1.54. The summed E-state index contributed by atoms with van der Waals surface area (Å²) in [6, 6.07) is 5.19. The van der Waals surface area contributed by atoms with Crippen LogP contribution in [0.15, 0.2) is 18.2 Å². The van der Waals surface area contributed by atoms with E-state index < -0.39 is 4.92 Å². The molecule has 0 saturated heterocycles. The standard InChI is InChI=1S/C14H22N2O4/c1-10(2)15-7-12-4-5-13(16(18)19)14(6-12)20-9-11(3)8-17/h4-6,10-11,15,17H,7-9H2,1-3H3. The van der Waals surface area contributed by atoms with Crippen molar-refractivity contribution >= 4 is 5.69 Å². The summed E-state index contributed by atoms with van der Waals surface area (Å²) in [5.41, 5.74) is 0.874. The summed E-state index contributed by atoms with van der Waals surface area (Å²) in [4.78, 5) is 10.5. The van der Waals surface area contributed by atoms with Crippen molar-refractivity contribution in [2.45, 2.75) is 33.4 Å². The molecule has 0 aromatic heterocycles. The van der Waals surface area contributed by atoms with Gasteiger partial charge in [0, 0.05) is 31.2 Å². The van der Waals surface area contributed by atoms with E-state index in [0.29, 0.717) is 12.6 Å². The zero-order valence-corrected chi connectivity index (χ0v) is 12.1. The molecule has 0 radical (unpaired) electrons. The van der Waals surface area contributed by atoms with Gasteiger partial charge in [0.15, 0.2) is 5.75 Å². The maximum absolute atomic E-state index is 11.0. The molecule has 1 aromatic carbocycles. The topological polar surface area (TPSA) is 84.6 Å². The quantitative estimate of drug-likeness (QED) is 0.563. The minimum absolute atomic E-state index is 0.0115. The van der Waals surface area contributed by atoms with Gasteiger partial charge in [0.2, 0.25) is 0 Å². The van der Waals surface area contributed by atoms with Crippen LogP contribution in [0.25, 0.3) is 0 Å². The number of nitrogens with one attached hydrogen (secondary N) is 1. The largest absolute Gasteiger partial charge is 0.486 e. The molecule has 0 amide bonds. The van der Waals surface area contributed by atoms with Gasteiger partial charge in [-0.3, -0.25) is 10.1 Å². The number of aliphatic hydroxyl groups is 1. The monoisotopic (exact) mass is 282 g/mol. The molecule has 112 valence electrons. The van der Waals surface area contributed by atoms with Gasteiger partial charge in [0.1, 0.15) is 0 Å². The van der Waals surface area contributed by atoms with E-state index in [-0.39, 0.29) is 30.6 Å². The predicted octanol–water partition coefficient (Wildman–Crippen LogP) is 2.10. The number of nitro groups is 1. The molecule has 1 aromatic rings. The highest BCUT2D eigenvalue weighted by Gasteiger charge is 2.16. The van der Waals surface area contributed by atoms with Crippen LogP contribution < -0.4 is 10.1 Å². The van der Waals surface area contributed by atoms with Crippen LogP contribution in [-0.2, 0) is 6.54 Å². The van der Waals surface area contributed by atoms with Gasteiger partial charge in [-0.25, -0.2) is 0 Å². The van der Waals surface area contributed by atoms with E-state index in [0.717, 1.165) is 5.56 Å². The van der Waals surface area contributed by atoms with Crippen LogP contribution in [0.1, 0.15) is 26.3 Å². The molecule has 0 saturated carbocycles. The summed E-state index contributed by atoms with van der Waals surface area (Å²) in [7, 11) is 0. The van der Waals surface area contributed by atoms with Crippen molar-refractivity contribution in [2.24, 2.45) is 5.92 Å². The average Bonchev–Trinajstić information content (AvgIpc) is 2.42. The second-order valence-corrected chi connectivity index (χ2v) is 5.19. The third-order valence-corrected chi connectivity index (χ3v) is 2.77. The van der Waals surface area contributed by atoms with Crippen molar-refractivity contribution in [3.05, 3.63) is 33.9 Å². The Morgan fingerprint density at radius 1 is 1.40 bits per heavy atom. The molecular weight excluding hydrogens is 260 g/mol. The second-order valence-electron chi connectivity index (χ2n) is 5.19. The van der Waals surface area contributed by atoms with Gasteiger partial charge in [0.25, 0.3) is 0 Å². The lowest BCUT2D eigenvalue weighted by molar-refractivity contribution is -0.385. The molecule has 0 spiro atoms. The molecule has 0 aliphatic rings. The van der Waals surface area contributed by atoms with E-state index >= 15 is 0 Å². The second kappa shape index (κ2) is 7.81. The molecule has 0 bridgehead atoms. The van der Waals surface area contributed by atoms with Crippen molar-refractivity contribution in [3.8, 4) is 5.75 Å². The van der Waals surface area contributed by atoms with Gasteiger partial charge in [-0.2, -0.15) is 0 Å². The molecule has 0 aliphatic heterocycles. The van der Waals surface area contributed by atoms with Crippen molar-refractivity contribution in [3.63, 3.8) is 0 Å². The number of rotatable bonds is 8. The van der Waals surface area contributed by atoms with E-state index in [1.807, 2.05) is 20.8 Å². The van der Waals surface area contributed by atoms with Crippen LogP contribution >= 0.6 is 0 Å². The van der Waals surface area contributed by atoms with Gasteiger partial charge in [-0.15, -0.1) is 0 Å². The summed E-state index contributed by atoms with van der Waals surface area (Å²) in [6.07, 6.45) is 0. The Hall–Kier alpha value is -1.66. The number of hydrogen-bond acceptors (Lipinski definition) is 5. The van der Waals surface area contributed by atoms with Crippen LogP contribution in [-0.4, -0.2) is 29.3 Å². The van der Waals surface area contributed by atoms with Crippen molar-refractivity contribution in [1.82, 2.24) is 5.32 Å². The van der Waals surface area contributed by atoms with E-state index in [9.17, 15) is 10.1 Å². The lowest BCUT2D eigenvalue weighted by Gasteiger charge is -2.13. The Labute approximate surface area is 118 Å². The molecule has 0 fully saturated rings. The van der Waals surface area contributed by atoms with Gasteiger partial charge in [-0.1, -0.05) is 26.8 Å². The first-order valence-corrected chi connectivity index (χ1v) is 6.68. The smallest absolute Gasteiger partial charge is 0.310 e. The Morgan fingerprint density at radius 2 is 2.10 bits per heavy atom. The van der Waals surface area contributed by atoms with Crippen molar-refractivity contribution in [1.29, 1.82) is 0 Å². The molecule has 0 aliphatic carbocycles. The van der Waals surface area contributed by atoms with E-state index in [1.54, 1.807) is 12.1 Å². The summed E-state index contributed by atoms with van der Waals surface area (Å²) in [5.74, 6) is 0.186. The van der Waals surface area contributed by atoms with Gasteiger partial charge in [0.05, 0.1) is 11.5 Å².